The van der Waals surface area contributed by atoms with Crippen LogP contribution in [0.4, 0.5) is 4.79 Å². The van der Waals surface area contributed by atoms with Crippen molar-refractivity contribution >= 4 is 17.8 Å². The third-order valence-electron chi connectivity index (χ3n) is 3.62. The van der Waals surface area contributed by atoms with Crippen LogP contribution in [-0.2, 0) is 4.79 Å². The molecule has 3 rings (SSSR count). The number of rotatable bonds is 3. The summed E-state index contributed by atoms with van der Waals surface area (Å²) in [5, 5.41) is 7.55. The Morgan fingerprint density at radius 2 is 1.52 bits per heavy atom. The smallest absolute Gasteiger partial charge is 0.322 e. The maximum atomic E-state index is 12.3. The molecular weight excluding hydrogens is 294 g/mol. The van der Waals surface area contributed by atoms with Crippen molar-refractivity contribution in [1.82, 2.24) is 16.0 Å². The van der Waals surface area contributed by atoms with Crippen molar-refractivity contribution in [2.24, 2.45) is 0 Å². The van der Waals surface area contributed by atoms with Crippen LogP contribution in [0.5, 0.6) is 0 Å². The Kier molecular flexibility index (Phi) is 4.05. The summed E-state index contributed by atoms with van der Waals surface area (Å²) in [5.74, 6) is -0.908. The Morgan fingerprint density at radius 3 is 2.17 bits per heavy atom. The van der Waals surface area contributed by atoms with Crippen LogP contribution in [0.3, 0.4) is 0 Å². The lowest BCUT2D eigenvalue weighted by molar-refractivity contribution is -0.123. The molecule has 2 aromatic carbocycles. The number of urea groups is 1. The van der Waals surface area contributed by atoms with Gasteiger partial charge in [-0.25, -0.2) is 4.79 Å². The largest absolute Gasteiger partial charge is 0.338 e. The minimum absolute atomic E-state index is 0.372. The van der Waals surface area contributed by atoms with E-state index in [0.29, 0.717) is 5.56 Å². The quantitative estimate of drug-likeness (QED) is 0.800. The van der Waals surface area contributed by atoms with Gasteiger partial charge in [0.25, 0.3) is 11.8 Å². The third-order valence-corrected chi connectivity index (χ3v) is 3.62. The molecule has 4 amide bonds. The van der Waals surface area contributed by atoms with Crippen molar-refractivity contribution in [3.05, 3.63) is 71.8 Å². The molecular formula is C17H15N3O3. The second-order valence-corrected chi connectivity index (χ2v) is 5.17. The Balaban J connectivity index is 1.86. The van der Waals surface area contributed by atoms with Crippen LogP contribution in [0.25, 0.3) is 0 Å². The van der Waals surface area contributed by atoms with E-state index in [9.17, 15) is 14.4 Å². The monoisotopic (exact) mass is 309 g/mol. The highest BCUT2D eigenvalue weighted by atomic mass is 16.2. The number of hydrogen-bond donors (Lipinski definition) is 3. The van der Waals surface area contributed by atoms with Crippen molar-refractivity contribution in [1.29, 1.82) is 0 Å². The summed E-state index contributed by atoms with van der Waals surface area (Å²) in [6, 6.07) is 15.6. The van der Waals surface area contributed by atoms with Crippen LogP contribution >= 0.6 is 0 Å². The number of nitrogens with one attached hydrogen (secondary N) is 3. The molecule has 0 bridgehead atoms. The van der Waals surface area contributed by atoms with Crippen molar-refractivity contribution in [3.8, 4) is 0 Å². The number of amides is 4. The number of imide groups is 1. The molecule has 1 saturated heterocycles. The highest BCUT2D eigenvalue weighted by molar-refractivity contribution is 6.04. The van der Waals surface area contributed by atoms with E-state index in [1.807, 2.05) is 18.2 Å². The average molecular weight is 309 g/mol. The molecule has 0 unspecified atom stereocenters. The Morgan fingerprint density at radius 1 is 0.913 bits per heavy atom. The average Bonchev–Trinajstić information content (AvgIpc) is 2.58. The van der Waals surface area contributed by atoms with Crippen molar-refractivity contribution in [3.63, 3.8) is 0 Å². The second kappa shape index (κ2) is 6.31. The van der Waals surface area contributed by atoms with Crippen LogP contribution in [0.1, 0.15) is 22.0 Å². The molecule has 23 heavy (non-hydrogen) atoms. The van der Waals surface area contributed by atoms with E-state index in [1.165, 1.54) is 0 Å². The van der Waals surface area contributed by atoms with Gasteiger partial charge in [-0.1, -0.05) is 48.5 Å². The number of carbonyl (C=O) groups excluding carboxylic acids is 3. The number of hydrogen-bond acceptors (Lipinski definition) is 3. The van der Waals surface area contributed by atoms with Gasteiger partial charge in [0, 0.05) is 5.56 Å². The van der Waals surface area contributed by atoms with Crippen LogP contribution in [-0.4, -0.2) is 23.9 Å². The van der Waals surface area contributed by atoms with E-state index in [-0.39, 0.29) is 5.91 Å². The number of carbonyl (C=O) groups is 3. The third kappa shape index (κ3) is 3.21. The Bertz CT molecular complexity index is 731. The predicted octanol–water partition coefficient (Wildman–Crippen LogP) is 1.37. The predicted molar refractivity (Wildman–Crippen MR) is 83.6 cm³/mol. The molecule has 1 aliphatic heterocycles. The topological polar surface area (TPSA) is 87.3 Å². The summed E-state index contributed by atoms with van der Waals surface area (Å²) in [7, 11) is 0. The molecule has 0 aromatic heterocycles. The van der Waals surface area contributed by atoms with Crippen molar-refractivity contribution in [2.45, 2.75) is 12.1 Å². The standard InChI is InChI=1S/C17H15N3O3/c21-15(12-9-5-2-6-10-12)18-14-13(11-7-3-1-4-8-11)19-17(23)20-16(14)22/h1-10,13-14H,(H,18,21)(H2,19,20,22,23)/t13-,14-/m1/s1. The van der Waals surface area contributed by atoms with E-state index in [0.717, 1.165) is 5.56 Å². The van der Waals surface area contributed by atoms with Gasteiger partial charge < -0.3 is 10.6 Å². The van der Waals surface area contributed by atoms with Gasteiger partial charge in [-0.3, -0.25) is 14.9 Å². The molecule has 1 fully saturated rings. The van der Waals surface area contributed by atoms with Gasteiger partial charge in [0.1, 0.15) is 6.04 Å². The molecule has 1 heterocycles. The van der Waals surface area contributed by atoms with Gasteiger partial charge in [-0.15, -0.1) is 0 Å². The zero-order valence-corrected chi connectivity index (χ0v) is 12.2. The molecule has 116 valence electrons. The van der Waals surface area contributed by atoms with E-state index >= 15 is 0 Å². The fraction of sp³-hybridized carbons (Fsp3) is 0.118. The minimum atomic E-state index is -0.886. The van der Waals surface area contributed by atoms with Crippen molar-refractivity contribution < 1.29 is 14.4 Å². The first kappa shape index (κ1) is 14.8. The van der Waals surface area contributed by atoms with E-state index in [4.69, 9.17) is 0 Å². The van der Waals surface area contributed by atoms with Gasteiger partial charge in [-0.05, 0) is 17.7 Å². The highest BCUT2D eigenvalue weighted by Crippen LogP contribution is 2.20. The Labute approximate surface area is 132 Å². The highest BCUT2D eigenvalue weighted by Gasteiger charge is 2.37. The van der Waals surface area contributed by atoms with E-state index in [2.05, 4.69) is 16.0 Å². The first-order chi connectivity index (χ1) is 11.1. The van der Waals surface area contributed by atoms with E-state index in [1.54, 1.807) is 42.5 Å². The number of benzene rings is 2. The molecule has 0 spiro atoms. The summed E-state index contributed by atoms with van der Waals surface area (Å²) < 4.78 is 0. The summed E-state index contributed by atoms with van der Waals surface area (Å²) in [6.45, 7) is 0. The first-order valence-corrected chi connectivity index (χ1v) is 7.17. The summed E-state index contributed by atoms with van der Waals surface area (Å²) >= 11 is 0. The van der Waals surface area contributed by atoms with Crippen LogP contribution in [0.2, 0.25) is 0 Å². The molecule has 2 aromatic rings. The first-order valence-electron chi connectivity index (χ1n) is 7.17. The molecule has 6 nitrogen and oxygen atoms in total. The molecule has 3 N–H and O–H groups in total. The molecule has 6 heteroatoms. The summed E-state index contributed by atoms with van der Waals surface area (Å²) in [6.07, 6.45) is 0. The maximum absolute atomic E-state index is 12.3. The summed E-state index contributed by atoms with van der Waals surface area (Å²) in [5.41, 5.74) is 1.19. The van der Waals surface area contributed by atoms with E-state index < -0.39 is 24.0 Å². The molecule has 0 radical (unpaired) electrons. The maximum Gasteiger partial charge on any atom is 0.322 e. The normalized spacial score (nSPS) is 20.3. The SMILES string of the molecule is O=C1NC(=O)[C@H](NC(=O)c2ccccc2)[C@@H](c2ccccc2)N1. The van der Waals surface area contributed by atoms with Crippen LogP contribution in [0.15, 0.2) is 60.7 Å². The minimum Gasteiger partial charge on any atom is -0.338 e. The lowest BCUT2D eigenvalue weighted by Gasteiger charge is -2.32. The lowest BCUT2D eigenvalue weighted by Crippen LogP contribution is -2.62. The lowest BCUT2D eigenvalue weighted by atomic mass is 9.96. The van der Waals surface area contributed by atoms with Gasteiger partial charge in [0.05, 0.1) is 6.04 Å². The molecule has 0 aliphatic carbocycles. The fourth-order valence-corrected chi connectivity index (χ4v) is 2.50. The van der Waals surface area contributed by atoms with Crippen LogP contribution in [0, 0.1) is 0 Å². The van der Waals surface area contributed by atoms with Crippen LogP contribution < -0.4 is 16.0 Å². The van der Waals surface area contributed by atoms with Gasteiger partial charge in [-0.2, -0.15) is 0 Å². The fourth-order valence-electron chi connectivity index (χ4n) is 2.50. The van der Waals surface area contributed by atoms with Gasteiger partial charge in [0.2, 0.25) is 0 Å². The van der Waals surface area contributed by atoms with Gasteiger partial charge >= 0.3 is 6.03 Å². The molecule has 0 saturated carbocycles. The van der Waals surface area contributed by atoms with Gasteiger partial charge in [0.15, 0.2) is 0 Å². The zero-order valence-electron chi connectivity index (χ0n) is 12.2. The zero-order chi connectivity index (χ0) is 16.2. The molecule has 2 atom stereocenters. The second-order valence-electron chi connectivity index (χ2n) is 5.17. The Hall–Kier alpha value is -3.15. The molecule has 1 aliphatic rings. The summed E-state index contributed by atoms with van der Waals surface area (Å²) in [4.78, 5) is 36.1. The van der Waals surface area contributed by atoms with Crippen molar-refractivity contribution in [2.75, 3.05) is 0 Å².